The third-order valence-electron chi connectivity index (χ3n) is 5.14. The maximum absolute atomic E-state index is 12.7. The Morgan fingerprint density at radius 1 is 1.13 bits per heavy atom. The second-order valence-electron chi connectivity index (χ2n) is 7.04. The molecule has 3 aromatic rings. The van der Waals surface area contributed by atoms with Crippen LogP contribution in [0.2, 0.25) is 0 Å². The molecule has 1 amide bonds. The van der Waals surface area contributed by atoms with Crippen molar-refractivity contribution >= 4 is 5.91 Å². The van der Waals surface area contributed by atoms with Crippen LogP contribution in [0.3, 0.4) is 0 Å². The SMILES string of the molecule is COCCOCC(=O)N1C[C@@H](c2cccnc2)[C@H](c2nc(-c3ccncc3)no2)C1. The lowest BCUT2D eigenvalue weighted by Crippen LogP contribution is -2.32. The van der Waals surface area contributed by atoms with Gasteiger partial charge in [-0.1, -0.05) is 11.2 Å². The van der Waals surface area contributed by atoms with Crippen molar-refractivity contribution in [2.45, 2.75) is 11.8 Å². The number of likely N-dealkylation sites (tertiary alicyclic amines) is 1. The van der Waals surface area contributed by atoms with E-state index in [-0.39, 0.29) is 24.3 Å². The van der Waals surface area contributed by atoms with Crippen LogP contribution in [-0.2, 0) is 14.3 Å². The third-order valence-corrected chi connectivity index (χ3v) is 5.14. The lowest BCUT2D eigenvalue weighted by atomic mass is 9.90. The van der Waals surface area contributed by atoms with Crippen molar-refractivity contribution in [1.29, 1.82) is 0 Å². The Morgan fingerprint density at radius 3 is 2.73 bits per heavy atom. The molecule has 0 aromatic carbocycles. The molecule has 0 bridgehead atoms. The fourth-order valence-electron chi connectivity index (χ4n) is 3.59. The molecule has 0 aliphatic carbocycles. The zero-order chi connectivity index (χ0) is 20.8. The van der Waals surface area contributed by atoms with E-state index in [1.165, 1.54) is 0 Å². The lowest BCUT2D eigenvalue weighted by molar-refractivity contribution is -0.135. The van der Waals surface area contributed by atoms with E-state index < -0.39 is 0 Å². The zero-order valence-electron chi connectivity index (χ0n) is 16.7. The Kier molecular flexibility index (Phi) is 6.41. The van der Waals surface area contributed by atoms with Crippen molar-refractivity contribution in [2.75, 3.05) is 40.0 Å². The summed E-state index contributed by atoms with van der Waals surface area (Å²) in [6.45, 7) is 1.86. The van der Waals surface area contributed by atoms with Gasteiger partial charge in [-0.3, -0.25) is 14.8 Å². The zero-order valence-corrected chi connectivity index (χ0v) is 16.7. The smallest absolute Gasteiger partial charge is 0.248 e. The number of hydrogen-bond acceptors (Lipinski definition) is 8. The largest absolute Gasteiger partial charge is 0.382 e. The van der Waals surface area contributed by atoms with Gasteiger partial charge in [0.15, 0.2) is 0 Å². The molecule has 0 radical (unpaired) electrons. The quantitative estimate of drug-likeness (QED) is 0.520. The maximum Gasteiger partial charge on any atom is 0.248 e. The van der Waals surface area contributed by atoms with Crippen LogP contribution in [0, 0.1) is 0 Å². The van der Waals surface area contributed by atoms with E-state index in [9.17, 15) is 4.79 Å². The van der Waals surface area contributed by atoms with Crippen LogP contribution in [0.25, 0.3) is 11.4 Å². The van der Waals surface area contributed by atoms with Gasteiger partial charge < -0.3 is 18.9 Å². The normalized spacial score (nSPS) is 18.6. The van der Waals surface area contributed by atoms with Gasteiger partial charge in [-0.15, -0.1) is 0 Å². The van der Waals surface area contributed by atoms with E-state index in [0.717, 1.165) is 11.1 Å². The highest BCUT2D eigenvalue weighted by Crippen LogP contribution is 2.39. The molecular weight excluding hydrogens is 386 g/mol. The number of methoxy groups -OCH3 is 1. The van der Waals surface area contributed by atoms with Crippen LogP contribution in [0.15, 0.2) is 53.6 Å². The van der Waals surface area contributed by atoms with Crippen molar-refractivity contribution in [2.24, 2.45) is 0 Å². The lowest BCUT2D eigenvalue weighted by Gasteiger charge is -2.16. The summed E-state index contributed by atoms with van der Waals surface area (Å²) < 4.78 is 16.0. The van der Waals surface area contributed by atoms with Crippen LogP contribution in [0.4, 0.5) is 0 Å². The fraction of sp³-hybridized carbons (Fsp3) is 0.381. The number of ether oxygens (including phenoxy) is 2. The van der Waals surface area contributed by atoms with Crippen LogP contribution in [-0.4, -0.2) is 70.9 Å². The van der Waals surface area contributed by atoms with Gasteiger partial charge in [-0.05, 0) is 23.8 Å². The molecule has 30 heavy (non-hydrogen) atoms. The molecule has 4 rings (SSSR count). The molecule has 1 aliphatic heterocycles. The first-order chi connectivity index (χ1) is 14.8. The van der Waals surface area contributed by atoms with E-state index in [2.05, 4.69) is 20.1 Å². The van der Waals surface area contributed by atoms with Gasteiger partial charge >= 0.3 is 0 Å². The molecular formula is C21H23N5O4. The predicted molar refractivity (Wildman–Crippen MR) is 107 cm³/mol. The molecule has 0 N–H and O–H groups in total. The van der Waals surface area contributed by atoms with Gasteiger partial charge in [0.1, 0.15) is 6.61 Å². The van der Waals surface area contributed by atoms with E-state index in [0.29, 0.717) is 38.0 Å². The molecule has 1 fully saturated rings. The monoisotopic (exact) mass is 409 g/mol. The number of rotatable bonds is 8. The predicted octanol–water partition coefficient (Wildman–Crippen LogP) is 1.90. The highest BCUT2D eigenvalue weighted by atomic mass is 16.5. The number of nitrogens with zero attached hydrogens (tertiary/aromatic N) is 5. The summed E-state index contributed by atoms with van der Waals surface area (Å²) in [5.41, 5.74) is 1.86. The first kappa shape index (κ1) is 20.1. The summed E-state index contributed by atoms with van der Waals surface area (Å²) >= 11 is 0. The molecule has 9 heteroatoms. The minimum atomic E-state index is -0.125. The first-order valence-corrected chi connectivity index (χ1v) is 9.74. The average molecular weight is 409 g/mol. The molecule has 0 unspecified atom stereocenters. The summed E-state index contributed by atoms with van der Waals surface area (Å²) in [6, 6.07) is 7.55. The highest BCUT2D eigenvalue weighted by Gasteiger charge is 2.40. The van der Waals surface area contributed by atoms with E-state index in [1.807, 2.05) is 30.5 Å². The van der Waals surface area contributed by atoms with Crippen LogP contribution in [0.5, 0.6) is 0 Å². The van der Waals surface area contributed by atoms with Gasteiger partial charge in [0.25, 0.3) is 0 Å². The van der Waals surface area contributed by atoms with Crippen LogP contribution < -0.4 is 0 Å². The van der Waals surface area contributed by atoms with E-state index in [1.54, 1.807) is 30.6 Å². The first-order valence-electron chi connectivity index (χ1n) is 9.74. The van der Waals surface area contributed by atoms with Crippen molar-refractivity contribution in [3.8, 4) is 11.4 Å². The molecule has 1 aliphatic rings. The van der Waals surface area contributed by atoms with Crippen molar-refractivity contribution in [3.63, 3.8) is 0 Å². The summed E-state index contributed by atoms with van der Waals surface area (Å²) in [7, 11) is 1.60. The Bertz CT molecular complexity index is 950. The van der Waals surface area contributed by atoms with Crippen LogP contribution >= 0.6 is 0 Å². The molecule has 4 heterocycles. The van der Waals surface area contributed by atoms with Crippen molar-refractivity contribution in [3.05, 3.63) is 60.5 Å². The summed E-state index contributed by atoms with van der Waals surface area (Å²) in [6.07, 6.45) is 6.92. The molecule has 1 saturated heterocycles. The number of carbonyl (C=O) groups excluding carboxylic acids is 1. The average Bonchev–Trinajstić information content (AvgIpc) is 3.45. The Balaban J connectivity index is 1.54. The number of aromatic nitrogens is 4. The van der Waals surface area contributed by atoms with Gasteiger partial charge in [0.05, 0.1) is 19.1 Å². The highest BCUT2D eigenvalue weighted by molar-refractivity contribution is 5.78. The summed E-state index contributed by atoms with van der Waals surface area (Å²) in [4.78, 5) is 27.3. The summed E-state index contributed by atoms with van der Waals surface area (Å²) in [5.74, 6) is 0.820. The van der Waals surface area contributed by atoms with Gasteiger partial charge in [-0.2, -0.15) is 4.98 Å². The Hall–Kier alpha value is -3.17. The molecule has 0 saturated carbocycles. The molecule has 0 spiro atoms. The second kappa shape index (κ2) is 9.55. The minimum absolute atomic E-state index is 0.00682. The molecule has 9 nitrogen and oxygen atoms in total. The number of hydrogen-bond donors (Lipinski definition) is 0. The fourth-order valence-corrected chi connectivity index (χ4v) is 3.59. The van der Waals surface area contributed by atoms with Gasteiger partial charge in [-0.25, -0.2) is 0 Å². The van der Waals surface area contributed by atoms with Crippen molar-refractivity contribution < 1.29 is 18.8 Å². The van der Waals surface area contributed by atoms with Crippen LogP contribution in [0.1, 0.15) is 23.3 Å². The van der Waals surface area contributed by atoms with Crippen molar-refractivity contribution in [1.82, 2.24) is 25.0 Å². The second-order valence-corrected chi connectivity index (χ2v) is 7.04. The molecule has 2 atom stereocenters. The Labute approximate surface area is 174 Å². The molecule has 3 aromatic heterocycles. The number of amides is 1. The molecule has 156 valence electrons. The third kappa shape index (κ3) is 4.52. The minimum Gasteiger partial charge on any atom is -0.382 e. The van der Waals surface area contributed by atoms with E-state index in [4.69, 9.17) is 14.0 Å². The topological polar surface area (TPSA) is 103 Å². The van der Waals surface area contributed by atoms with E-state index >= 15 is 0 Å². The van der Waals surface area contributed by atoms with Gasteiger partial charge in [0.2, 0.25) is 17.6 Å². The Morgan fingerprint density at radius 2 is 1.97 bits per heavy atom. The number of carbonyl (C=O) groups is 1. The summed E-state index contributed by atoms with van der Waals surface area (Å²) in [5, 5.41) is 4.13. The standard InChI is InChI=1S/C21H23N5O4/c1-28-9-10-29-14-19(27)26-12-17(16-3-2-6-23-11-16)18(13-26)21-24-20(25-30-21)15-4-7-22-8-5-15/h2-8,11,17-18H,9-10,12-14H2,1H3/t17-,18+/m0/s1. The van der Waals surface area contributed by atoms with Gasteiger partial charge in [0, 0.05) is 56.5 Å². The number of pyridine rings is 2. The maximum atomic E-state index is 12.7.